The normalized spacial score (nSPS) is 10.1. The second kappa shape index (κ2) is 6.09. The molecule has 2 aromatic rings. The van der Waals surface area contributed by atoms with Crippen LogP contribution >= 0.6 is 11.3 Å². The number of anilines is 1. The van der Waals surface area contributed by atoms with E-state index in [9.17, 15) is 19.7 Å². The van der Waals surface area contributed by atoms with E-state index in [-0.39, 0.29) is 22.8 Å². The molecule has 21 heavy (non-hydrogen) atoms. The van der Waals surface area contributed by atoms with Crippen molar-refractivity contribution < 1.29 is 19.6 Å². The number of benzene rings is 1. The fraction of sp³-hybridized carbons (Fsp3) is 0.0833. The lowest BCUT2D eigenvalue weighted by atomic mass is 10.1. The summed E-state index contributed by atoms with van der Waals surface area (Å²) in [7, 11) is 0. The fourth-order valence-corrected chi connectivity index (χ4v) is 2.30. The number of nitro groups is 1. The van der Waals surface area contributed by atoms with Crippen LogP contribution in [0.3, 0.4) is 0 Å². The molecule has 0 aliphatic rings. The predicted molar refractivity (Wildman–Crippen MR) is 74.5 cm³/mol. The van der Waals surface area contributed by atoms with Gasteiger partial charge in [0.15, 0.2) is 5.13 Å². The van der Waals surface area contributed by atoms with E-state index in [4.69, 9.17) is 5.11 Å². The quantitative estimate of drug-likeness (QED) is 0.642. The Bertz CT molecular complexity index is 712. The van der Waals surface area contributed by atoms with Gasteiger partial charge in [-0.05, 0) is 6.07 Å². The molecule has 2 N–H and O–H groups in total. The number of hydrogen-bond donors (Lipinski definition) is 2. The average molecular weight is 307 g/mol. The summed E-state index contributed by atoms with van der Waals surface area (Å²) in [5, 5.41) is 23.6. The summed E-state index contributed by atoms with van der Waals surface area (Å²) >= 11 is 1.05. The summed E-state index contributed by atoms with van der Waals surface area (Å²) in [6, 6.07) is 5.54. The summed E-state index contributed by atoms with van der Waals surface area (Å²) in [5.41, 5.74) is -0.0832. The molecule has 0 saturated heterocycles. The molecule has 0 fully saturated rings. The van der Waals surface area contributed by atoms with Crippen LogP contribution in [0.25, 0.3) is 0 Å². The number of para-hydroxylation sites is 1. The number of thiazole rings is 1. The van der Waals surface area contributed by atoms with Crippen LogP contribution in [0.15, 0.2) is 29.6 Å². The van der Waals surface area contributed by atoms with Crippen LogP contribution in [-0.2, 0) is 11.2 Å². The van der Waals surface area contributed by atoms with E-state index in [1.165, 1.54) is 29.6 Å². The summed E-state index contributed by atoms with van der Waals surface area (Å²) < 4.78 is 0. The van der Waals surface area contributed by atoms with Gasteiger partial charge in [-0.3, -0.25) is 25.0 Å². The molecule has 108 valence electrons. The Morgan fingerprint density at radius 2 is 2.10 bits per heavy atom. The van der Waals surface area contributed by atoms with Gasteiger partial charge in [-0.15, -0.1) is 11.3 Å². The lowest BCUT2D eigenvalue weighted by Crippen LogP contribution is -2.13. The molecular formula is C12H9N3O5S. The number of nitrogens with one attached hydrogen (secondary N) is 1. The van der Waals surface area contributed by atoms with Gasteiger partial charge in [0.25, 0.3) is 11.6 Å². The average Bonchev–Trinajstić information content (AvgIpc) is 2.85. The Morgan fingerprint density at radius 1 is 1.38 bits per heavy atom. The van der Waals surface area contributed by atoms with Crippen LogP contribution in [0.5, 0.6) is 0 Å². The molecule has 2 rings (SSSR count). The topological polar surface area (TPSA) is 122 Å². The van der Waals surface area contributed by atoms with Crippen molar-refractivity contribution in [1.82, 2.24) is 4.98 Å². The molecule has 1 aromatic carbocycles. The molecule has 0 bridgehead atoms. The lowest BCUT2D eigenvalue weighted by Gasteiger charge is -2.02. The molecule has 1 amide bonds. The van der Waals surface area contributed by atoms with E-state index >= 15 is 0 Å². The number of carbonyl (C=O) groups is 2. The van der Waals surface area contributed by atoms with E-state index in [2.05, 4.69) is 10.3 Å². The number of aliphatic carboxylic acids is 1. The molecule has 0 radical (unpaired) electrons. The first kappa shape index (κ1) is 14.6. The van der Waals surface area contributed by atoms with Crippen LogP contribution in [-0.4, -0.2) is 26.9 Å². The number of carboxylic acid groups (broad SMARTS) is 1. The van der Waals surface area contributed by atoms with Crippen molar-refractivity contribution in [2.45, 2.75) is 6.42 Å². The van der Waals surface area contributed by atoms with Crippen LogP contribution in [0, 0.1) is 10.1 Å². The van der Waals surface area contributed by atoms with Crippen molar-refractivity contribution in [1.29, 1.82) is 0 Å². The Labute approximate surface area is 122 Å². The van der Waals surface area contributed by atoms with Gasteiger partial charge < -0.3 is 5.11 Å². The van der Waals surface area contributed by atoms with Gasteiger partial charge in [0.05, 0.1) is 17.0 Å². The first-order valence-electron chi connectivity index (χ1n) is 5.68. The van der Waals surface area contributed by atoms with Crippen molar-refractivity contribution in [3.8, 4) is 0 Å². The molecular weight excluding hydrogens is 298 g/mol. The monoisotopic (exact) mass is 307 g/mol. The number of carbonyl (C=O) groups excluding carboxylic acids is 1. The van der Waals surface area contributed by atoms with Crippen molar-refractivity contribution in [3.63, 3.8) is 0 Å². The summed E-state index contributed by atoms with van der Waals surface area (Å²) in [6.45, 7) is 0. The zero-order valence-corrected chi connectivity index (χ0v) is 11.3. The SMILES string of the molecule is O=C(O)Cc1csc(NC(=O)c2ccccc2[N+](=O)[O-])n1. The second-order valence-corrected chi connectivity index (χ2v) is 4.80. The predicted octanol–water partition coefficient (Wildman–Crippen LogP) is 1.93. The van der Waals surface area contributed by atoms with Crippen molar-refractivity contribution in [2.75, 3.05) is 5.32 Å². The molecule has 9 heteroatoms. The maximum absolute atomic E-state index is 12.0. The van der Waals surface area contributed by atoms with Gasteiger partial charge in [0, 0.05) is 11.4 Å². The minimum absolute atomic E-state index is 0.0857. The number of nitrogens with zero attached hydrogens (tertiary/aromatic N) is 2. The summed E-state index contributed by atoms with van der Waals surface area (Å²) in [6.07, 6.45) is -0.252. The third kappa shape index (κ3) is 3.60. The smallest absolute Gasteiger partial charge is 0.309 e. The third-order valence-corrected chi connectivity index (χ3v) is 3.26. The van der Waals surface area contributed by atoms with Gasteiger partial charge in [0.2, 0.25) is 0 Å². The minimum Gasteiger partial charge on any atom is -0.481 e. The van der Waals surface area contributed by atoms with Crippen molar-refractivity contribution in [2.24, 2.45) is 0 Å². The number of aromatic nitrogens is 1. The van der Waals surface area contributed by atoms with E-state index in [1.54, 1.807) is 0 Å². The van der Waals surface area contributed by atoms with Crippen LogP contribution in [0.1, 0.15) is 16.1 Å². The minimum atomic E-state index is -1.03. The molecule has 1 heterocycles. The molecule has 0 aliphatic carbocycles. The molecule has 0 unspecified atom stereocenters. The molecule has 0 aliphatic heterocycles. The summed E-state index contributed by atoms with van der Waals surface area (Å²) in [5.74, 6) is -1.70. The standard InChI is InChI=1S/C12H9N3O5S/c16-10(17)5-7-6-21-12(13-7)14-11(18)8-3-1-2-4-9(8)15(19)20/h1-4,6H,5H2,(H,16,17)(H,13,14,18). The maximum Gasteiger partial charge on any atom is 0.309 e. The zero-order valence-electron chi connectivity index (χ0n) is 10.5. The largest absolute Gasteiger partial charge is 0.481 e. The van der Waals surface area contributed by atoms with Gasteiger partial charge >= 0.3 is 5.97 Å². The Kier molecular flexibility index (Phi) is 4.24. The number of amides is 1. The van der Waals surface area contributed by atoms with E-state index in [1.807, 2.05) is 0 Å². The molecule has 0 spiro atoms. The highest BCUT2D eigenvalue weighted by atomic mass is 32.1. The molecule has 1 aromatic heterocycles. The van der Waals surface area contributed by atoms with Crippen LogP contribution in [0.4, 0.5) is 10.8 Å². The molecule has 8 nitrogen and oxygen atoms in total. The molecule has 0 atom stereocenters. The zero-order chi connectivity index (χ0) is 15.4. The van der Waals surface area contributed by atoms with Crippen molar-refractivity contribution >= 4 is 34.0 Å². The van der Waals surface area contributed by atoms with Gasteiger partial charge in [-0.2, -0.15) is 0 Å². The molecule has 0 saturated carbocycles. The van der Waals surface area contributed by atoms with E-state index < -0.39 is 16.8 Å². The highest BCUT2D eigenvalue weighted by Gasteiger charge is 2.20. The first-order chi connectivity index (χ1) is 9.97. The fourth-order valence-electron chi connectivity index (χ4n) is 1.59. The van der Waals surface area contributed by atoms with Crippen molar-refractivity contribution in [3.05, 3.63) is 51.0 Å². The number of carboxylic acids is 1. The third-order valence-electron chi connectivity index (χ3n) is 2.45. The maximum atomic E-state index is 12.0. The Balaban J connectivity index is 2.17. The second-order valence-electron chi connectivity index (χ2n) is 3.94. The Hall–Kier alpha value is -2.81. The summed E-state index contributed by atoms with van der Waals surface area (Å²) in [4.78, 5) is 36.7. The van der Waals surface area contributed by atoms with Crippen LogP contribution < -0.4 is 5.32 Å². The Morgan fingerprint density at radius 3 is 2.76 bits per heavy atom. The van der Waals surface area contributed by atoms with Gasteiger partial charge in [-0.1, -0.05) is 12.1 Å². The van der Waals surface area contributed by atoms with Crippen LogP contribution in [0.2, 0.25) is 0 Å². The van der Waals surface area contributed by atoms with Gasteiger partial charge in [0.1, 0.15) is 5.56 Å². The highest BCUT2D eigenvalue weighted by Crippen LogP contribution is 2.21. The number of rotatable bonds is 5. The van der Waals surface area contributed by atoms with E-state index in [0.29, 0.717) is 5.69 Å². The number of hydrogen-bond acceptors (Lipinski definition) is 6. The highest BCUT2D eigenvalue weighted by molar-refractivity contribution is 7.14. The lowest BCUT2D eigenvalue weighted by molar-refractivity contribution is -0.385. The van der Waals surface area contributed by atoms with E-state index in [0.717, 1.165) is 11.3 Å². The van der Waals surface area contributed by atoms with Gasteiger partial charge in [-0.25, -0.2) is 4.98 Å². The number of nitro benzene ring substituents is 1. The first-order valence-corrected chi connectivity index (χ1v) is 6.56.